The fourth-order valence-electron chi connectivity index (χ4n) is 2.37. The molecule has 1 saturated heterocycles. The van der Waals surface area contributed by atoms with Gasteiger partial charge in [-0.15, -0.1) is 0 Å². The lowest BCUT2D eigenvalue weighted by Gasteiger charge is -2.20. The van der Waals surface area contributed by atoms with E-state index in [0.29, 0.717) is 13.2 Å². The van der Waals surface area contributed by atoms with Gasteiger partial charge in [0.2, 0.25) is 0 Å². The molecule has 0 atom stereocenters. The van der Waals surface area contributed by atoms with Gasteiger partial charge in [0, 0.05) is 24.8 Å². The third-order valence-corrected chi connectivity index (χ3v) is 3.24. The molecule has 0 aliphatic carbocycles. The zero-order valence-corrected chi connectivity index (χ0v) is 10.6. The monoisotopic (exact) mass is 234 g/mol. The molecule has 3 nitrogen and oxygen atoms in total. The molecule has 3 heteroatoms. The van der Waals surface area contributed by atoms with Gasteiger partial charge in [0.1, 0.15) is 5.75 Å². The minimum Gasteiger partial charge on any atom is -0.494 e. The Kier molecular flexibility index (Phi) is 4.26. The Morgan fingerprint density at radius 2 is 2.06 bits per heavy atom. The number of nitrogens with zero attached hydrogens (tertiary/aromatic N) is 1. The van der Waals surface area contributed by atoms with Gasteiger partial charge in [-0.05, 0) is 44.4 Å². The van der Waals surface area contributed by atoms with E-state index in [-0.39, 0.29) is 0 Å². The molecular formula is C14H22N2O. The standard InChI is InChI=1S/C14H22N2O/c1-2-17-14-11-13(16-9-3-4-10-16)6-5-12(14)7-8-15/h5-6,11H,2-4,7-10,15H2,1H3. The Morgan fingerprint density at radius 3 is 2.71 bits per heavy atom. The molecule has 0 spiro atoms. The lowest BCUT2D eigenvalue weighted by molar-refractivity contribution is 0.336. The van der Waals surface area contributed by atoms with Gasteiger partial charge in [-0.25, -0.2) is 0 Å². The largest absolute Gasteiger partial charge is 0.494 e. The number of benzene rings is 1. The number of hydrogen-bond donors (Lipinski definition) is 1. The predicted molar refractivity (Wildman–Crippen MR) is 71.8 cm³/mol. The first-order valence-electron chi connectivity index (χ1n) is 6.56. The molecule has 0 unspecified atom stereocenters. The lowest BCUT2D eigenvalue weighted by Crippen LogP contribution is -2.17. The zero-order chi connectivity index (χ0) is 12.1. The van der Waals surface area contributed by atoms with Crippen LogP contribution < -0.4 is 15.4 Å². The van der Waals surface area contributed by atoms with Gasteiger partial charge in [0.15, 0.2) is 0 Å². The van der Waals surface area contributed by atoms with E-state index < -0.39 is 0 Å². The van der Waals surface area contributed by atoms with Crippen LogP contribution in [0.3, 0.4) is 0 Å². The molecule has 0 bridgehead atoms. The molecule has 0 aromatic heterocycles. The second-order valence-electron chi connectivity index (χ2n) is 4.46. The van der Waals surface area contributed by atoms with Crippen molar-refractivity contribution in [1.82, 2.24) is 0 Å². The van der Waals surface area contributed by atoms with Crippen molar-refractivity contribution >= 4 is 5.69 Å². The van der Waals surface area contributed by atoms with E-state index in [2.05, 4.69) is 23.1 Å². The first kappa shape index (κ1) is 12.2. The SMILES string of the molecule is CCOc1cc(N2CCCC2)ccc1CCN. The van der Waals surface area contributed by atoms with Gasteiger partial charge in [-0.2, -0.15) is 0 Å². The van der Waals surface area contributed by atoms with E-state index in [1.54, 1.807) is 0 Å². The minimum absolute atomic E-state index is 0.670. The van der Waals surface area contributed by atoms with Crippen molar-refractivity contribution in [3.63, 3.8) is 0 Å². The van der Waals surface area contributed by atoms with Crippen molar-refractivity contribution in [2.24, 2.45) is 5.73 Å². The van der Waals surface area contributed by atoms with Gasteiger partial charge >= 0.3 is 0 Å². The van der Waals surface area contributed by atoms with Gasteiger partial charge in [0.05, 0.1) is 6.61 Å². The average Bonchev–Trinajstić information content (AvgIpc) is 2.85. The third-order valence-electron chi connectivity index (χ3n) is 3.24. The second-order valence-corrected chi connectivity index (χ2v) is 4.46. The van der Waals surface area contributed by atoms with Crippen LogP contribution in [0.1, 0.15) is 25.3 Å². The van der Waals surface area contributed by atoms with Gasteiger partial charge in [-0.1, -0.05) is 6.07 Å². The van der Waals surface area contributed by atoms with Crippen LogP contribution in [-0.2, 0) is 6.42 Å². The number of rotatable bonds is 5. The van der Waals surface area contributed by atoms with Crippen molar-refractivity contribution in [3.8, 4) is 5.75 Å². The van der Waals surface area contributed by atoms with Crippen LogP contribution in [0.15, 0.2) is 18.2 Å². The predicted octanol–water partition coefficient (Wildman–Crippen LogP) is 2.19. The number of ether oxygens (including phenoxy) is 1. The Morgan fingerprint density at radius 1 is 1.29 bits per heavy atom. The molecule has 0 amide bonds. The van der Waals surface area contributed by atoms with Crippen LogP contribution in [-0.4, -0.2) is 26.2 Å². The van der Waals surface area contributed by atoms with E-state index in [1.165, 1.54) is 37.2 Å². The van der Waals surface area contributed by atoms with E-state index in [0.717, 1.165) is 12.2 Å². The first-order valence-corrected chi connectivity index (χ1v) is 6.56. The molecule has 2 rings (SSSR count). The van der Waals surface area contributed by atoms with Crippen molar-refractivity contribution in [2.45, 2.75) is 26.2 Å². The van der Waals surface area contributed by atoms with Crippen LogP contribution in [0.2, 0.25) is 0 Å². The van der Waals surface area contributed by atoms with E-state index >= 15 is 0 Å². The number of anilines is 1. The van der Waals surface area contributed by atoms with Crippen LogP contribution in [0.25, 0.3) is 0 Å². The van der Waals surface area contributed by atoms with Crippen LogP contribution in [0, 0.1) is 0 Å². The van der Waals surface area contributed by atoms with Crippen LogP contribution in [0.4, 0.5) is 5.69 Å². The molecule has 0 saturated carbocycles. The number of nitrogens with two attached hydrogens (primary N) is 1. The maximum atomic E-state index is 5.71. The molecular weight excluding hydrogens is 212 g/mol. The first-order chi connectivity index (χ1) is 8.35. The quantitative estimate of drug-likeness (QED) is 0.848. The van der Waals surface area contributed by atoms with E-state index in [1.807, 2.05) is 6.92 Å². The third kappa shape index (κ3) is 2.91. The summed E-state index contributed by atoms with van der Waals surface area (Å²) in [4.78, 5) is 2.43. The Hall–Kier alpha value is -1.22. The molecule has 94 valence electrons. The molecule has 1 aliphatic rings. The van der Waals surface area contributed by atoms with Crippen LogP contribution >= 0.6 is 0 Å². The summed E-state index contributed by atoms with van der Waals surface area (Å²) < 4.78 is 5.71. The van der Waals surface area contributed by atoms with Gasteiger partial charge in [-0.3, -0.25) is 0 Å². The summed E-state index contributed by atoms with van der Waals surface area (Å²) in [7, 11) is 0. The smallest absolute Gasteiger partial charge is 0.124 e. The molecule has 1 heterocycles. The minimum atomic E-state index is 0.670. The van der Waals surface area contributed by atoms with E-state index in [4.69, 9.17) is 10.5 Å². The number of hydrogen-bond acceptors (Lipinski definition) is 3. The highest BCUT2D eigenvalue weighted by Gasteiger charge is 2.14. The summed E-state index contributed by atoms with van der Waals surface area (Å²) in [6, 6.07) is 6.52. The van der Waals surface area contributed by atoms with Gasteiger partial charge in [0.25, 0.3) is 0 Å². The van der Waals surface area contributed by atoms with Crippen LogP contribution in [0.5, 0.6) is 5.75 Å². The molecule has 2 N–H and O–H groups in total. The molecule has 0 radical (unpaired) electrons. The summed E-state index contributed by atoms with van der Waals surface area (Å²) in [6.07, 6.45) is 3.48. The van der Waals surface area contributed by atoms with Crippen molar-refractivity contribution in [1.29, 1.82) is 0 Å². The Balaban J connectivity index is 2.20. The normalized spacial score (nSPS) is 15.3. The van der Waals surface area contributed by atoms with Crippen molar-refractivity contribution in [3.05, 3.63) is 23.8 Å². The maximum Gasteiger partial charge on any atom is 0.124 e. The Bertz CT molecular complexity index is 359. The Labute approximate surface area is 104 Å². The summed E-state index contributed by atoms with van der Waals surface area (Å²) in [5.41, 5.74) is 8.12. The van der Waals surface area contributed by atoms with Crippen molar-refractivity contribution in [2.75, 3.05) is 31.1 Å². The molecule has 1 aromatic carbocycles. The van der Waals surface area contributed by atoms with Gasteiger partial charge < -0.3 is 15.4 Å². The molecule has 1 aliphatic heterocycles. The zero-order valence-electron chi connectivity index (χ0n) is 10.6. The summed E-state index contributed by atoms with van der Waals surface area (Å²) >= 11 is 0. The molecule has 17 heavy (non-hydrogen) atoms. The second kappa shape index (κ2) is 5.92. The van der Waals surface area contributed by atoms with Crippen molar-refractivity contribution < 1.29 is 4.74 Å². The summed E-state index contributed by atoms with van der Waals surface area (Å²) in [5, 5.41) is 0. The fourth-order valence-corrected chi connectivity index (χ4v) is 2.37. The topological polar surface area (TPSA) is 38.5 Å². The highest BCUT2D eigenvalue weighted by Crippen LogP contribution is 2.28. The average molecular weight is 234 g/mol. The molecule has 1 fully saturated rings. The van der Waals surface area contributed by atoms with E-state index in [9.17, 15) is 0 Å². The highest BCUT2D eigenvalue weighted by molar-refractivity contribution is 5.54. The highest BCUT2D eigenvalue weighted by atomic mass is 16.5. The maximum absolute atomic E-state index is 5.71. The summed E-state index contributed by atoms with van der Waals surface area (Å²) in [5.74, 6) is 1.00. The fraction of sp³-hybridized carbons (Fsp3) is 0.571. The molecule has 1 aromatic rings. The lowest BCUT2D eigenvalue weighted by atomic mass is 10.1. The summed E-state index contributed by atoms with van der Waals surface area (Å²) in [6.45, 7) is 5.74.